The Kier molecular flexibility index (Phi) is 4.52. The molecule has 2 rings (SSSR count). The Hall–Kier alpha value is -0.900. The number of Topliss-reactive ketones (excluding diaryl/α,β-unsaturated/α-hetero) is 1. The normalized spacial score (nSPS) is 18.8. The van der Waals surface area contributed by atoms with Crippen molar-refractivity contribution in [2.45, 2.75) is 53.9 Å². The van der Waals surface area contributed by atoms with Gasteiger partial charge in [0.15, 0.2) is 10.9 Å². The summed E-state index contributed by atoms with van der Waals surface area (Å²) in [6.07, 6.45) is 2.75. The SMILES string of the molecule is CCC(C)CN(CC)c1nc2c(s1)C(=O)CC(C)(C)C2. The van der Waals surface area contributed by atoms with E-state index < -0.39 is 0 Å². The largest absolute Gasteiger partial charge is 0.348 e. The fourth-order valence-corrected chi connectivity index (χ4v) is 3.78. The molecule has 112 valence electrons. The molecule has 0 fully saturated rings. The molecular formula is C16H26N2OS. The molecule has 0 N–H and O–H groups in total. The van der Waals surface area contributed by atoms with E-state index in [-0.39, 0.29) is 11.2 Å². The highest BCUT2D eigenvalue weighted by molar-refractivity contribution is 7.17. The lowest BCUT2D eigenvalue weighted by Crippen LogP contribution is -2.28. The van der Waals surface area contributed by atoms with Crippen molar-refractivity contribution in [2.24, 2.45) is 11.3 Å². The van der Waals surface area contributed by atoms with Gasteiger partial charge in [-0.25, -0.2) is 4.98 Å². The second-order valence-corrected chi connectivity index (χ2v) is 7.74. The van der Waals surface area contributed by atoms with Gasteiger partial charge in [0.25, 0.3) is 0 Å². The van der Waals surface area contributed by atoms with Gasteiger partial charge in [-0.2, -0.15) is 0 Å². The summed E-state index contributed by atoms with van der Waals surface area (Å²) in [5.41, 5.74) is 1.08. The standard InChI is InChI=1S/C16H26N2OS/c1-6-11(3)10-18(7-2)15-17-12-8-16(4,5)9-13(19)14(12)20-15/h11H,6-10H2,1-5H3. The molecule has 0 aliphatic heterocycles. The first-order chi connectivity index (χ1) is 9.36. The van der Waals surface area contributed by atoms with Crippen LogP contribution in [0.5, 0.6) is 0 Å². The van der Waals surface area contributed by atoms with Gasteiger partial charge in [-0.15, -0.1) is 0 Å². The first-order valence-electron chi connectivity index (χ1n) is 7.64. The molecule has 1 aliphatic rings. The van der Waals surface area contributed by atoms with Crippen molar-refractivity contribution in [3.05, 3.63) is 10.6 Å². The predicted octanol–water partition coefficient (Wildman–Crippen LogP) is 4.17. The molecule has 0 saturated heterocycles. The maximum Gasteiger partial charge on any atom is 0.186 e. The molecular weight excluding hydrogens is 268 g/mol. The number of hydrogen-bond acceptors (Lipinski definition) is 4. The number of fused-ring (bicyclic) bond motifs is 1. The Morgan fingerprint density at radius 3 is 2.65 bits per heavy atom. The fourth-order valence-electron chi connectivity index (χ4n) is 2.69. The van der Waals surface area contributed by atoms with Crippen molar-refractivity contribution in [1.82, 2.24) is 4.98 Å². The number of anilines is 1. The highest BCUT2D eigenvalue weighted by atomic mass is 32.1. The molecule has 0 amide bonds. The van der Waals surface area contributed by atoms with Gasteiger partial charge in [-0.05, 0) is 24.7 Å². The Balaban J connectivity index is 2.25. The molecule has 3 nitrogen and oxygen atoms in total. The molecule has 20 heavy (non-hydrogen) atoms. The summed E-state index contributed by atoms with van der Waals surface area (Å²) in [5.74, 6) is 0.933. The number of carbonyl (C=O) groups excluding carboxylic acids is 1. The van der Waals surface area contributed by atoms with Crippen LogP contribution in [0.3, 0.4) is 0 Å². The van der Waals surface area contributed by atoms with Crippen molar-refractivity contribution >= 4 is 22.3 Å². The van der Waals surface area contributed by atoms with Gasteiger partial charge in [0.05, 0.1) is 10.6 Å². The lowest BCUT2D eigenvalue weighted by molar-refractivity contribution is 0.0916. The molecule has 4 heteroatoms. The zero-order valence-corrected chi connectivity index (χ0v) is 14.1. The Morgan fingerprint density at radius 2 is 2.05 bits per heavy atom. The minimum atomic E-state index is 0.0587. The van der Waals surface area contributed by atoms with Crippen molar-refractivity contribution < 1.29 is 4.79 Å². The summed E-state index contributed by atoms with van der Waals surface area (Å²) in [6, 6.07) is 0. The van der Waals surface area contributed by atoms with Gasteiger partial charge in [-0.3, -0.25) is 4.79 Å². The van der Waals surface area contributed by atoms with E-state index in [1.807, 2.05) is 0 Å². The number of thiazole rings is 1. The van der Waals surface area contributed by atoms with E-state index in [0.717, 1.165) is 35.2 Å². The van der Waals surface area contributed by atoms with Crippen LogP contribution in [0.2, 0.25) is 0 Å². The van der Waals surface area contributed by atoms with E-state index in [9.17, 15) is 4.79 Å². The lowest BCUT2D eigenvalue weighted by atomic mass is 9.78. The molecule has 1 atom stereocenters. The Labute approximate surface area is 126 Å². The van der Waals surface area contributed by atoms with Gasteiger partial charge in [0.1, 0.15) is 0 Å². The summed E-state index contributed by atoms with van der Waals surface area (Å²) in [7, 11) is 0. The van der Waals surface area contributed by atoms with Crippen molar-refractivity contribution in [3.63, 3.8) is 0 Å². The van der Waals surface area contributed by atoms with Crippen LogP contribution in [-0.4, -0.2) is 23.9 Å². The minimum absolute atomic E-state index is 0.0587. The number of nitrogens with zero attached hydrogens (tertiary/aromatic N) is 2. The third-order valence-corrected chi connectivity index (χ3v) is 5.31. The van der Waals surface area contributed by atoms with Gasteiger partial charge < -0.3 is 4.90 Å². The summed E-state index contributed by atoms with van der Waals surface area (Å²) in [5, 5.41) is 1.03. The van der Waals surface area contributed by atoms with E-state index in [1.54, 1.807) is 11.3 Å². The summed E-state index contributed by atoms with van der Waals surface area (Å²) >= 11 is 1.59. The lowest BCUT2D eigenvalue weighted by Gasteiger charge is -2.26. The van der Waals surface area contributed by atoms with Crippen LogP contribution >= 0.6 is 11.3 Å². The topological polar surface area (TPSA) is 33.2 Å². The number of carbonyl (C=O) groups is 1. The summed E-state index contributed by atoms with van der Waals surface area (Å²) in [6.45, 7) is 12.9. The smallest absolute Gasteiger partial charge is 0.186 e. The van der Waals surface area contributed by atoms with Crippen LogP contribution in [0.1, 0.15) is 62.8 Å². The molecule has 1 unspecified atom stereocenters. The Bertz CT molecular complexity index is 493. The van der Waals surface area contributed by atoms with E-state index in [1.165, 1.54) is 6.42 Å². The predicted molar refractivity (Wildman–Crippen MR) is 85.9 cm³/mol. The number of rotatable bonds is 5. The molecule has 0 saturated carbocycles. The zero-order chi connectivity index (χ0) is 14.9. The molecule has 1 aromatic heterocycles. The first kappa shape index (κ1) is 15.5. The molecule has 0 spiro atoms. The fraction of sp³-hybridized carbons (Fsp3) is 0.750. The third kappa shape index (κ3) is 3.22. The van der Waals surface area contributed by atoms with E-state index in [4.69, 9.17) is 4.98 Å². The first-order valence-corrected chi connectivity index (χ1v) is 8.45. The van der Waals surface area contributed by atoms with E-state index in [2.05, 4.69) is 39.5 Å². The molecule has 1 heterocycles. The van der Waals surface area contributed by atoms with E-state index >= 15 is 0 Å². The van der Waals surface area contributed by atoms with Crippen molar-refractivity contribution in [3.8, 4) is 0 Å². The van der Waals surface area contributed by atoms with Crippen LogP contribution < -0.4 is 4.90 Å². The average molecular weight is 294 g/mol. The molecule has 0 bridgehead atoms. The number of hydrogen-bond donors (Lipinski definition) is 0. The van der Waals surface area contributed by atoms with Crippen LogP contribution in [0.4, 0.5) is 5.13 Å². The monoisotopic (exact) mass is 294 g/mol. The van der Waals surface area contributed by atoms with Crippen LogP contribution in [0, 0.1) is 11.3 Å². The second kappa shape index (κ2) is 5.84. The van der Waals surface area contributed by atoms with Crippen LogP contribution in [-0.2, 0) is 6.42 Å². The van der Waals surface area contributed by atoms with Gasteiger partial charge in [-0.1, -0.05) is 45.5 Å². The van der Waals surface area contributed by atoms with Crippen molar-refractivity contribution in [1.29, 1.82) is 0 Å². The maximum absolute atomic E-state index is 12.3. The number of ketones is 1. The van der Waals surface area contributed by atoms with Crippen LogP contribution in [0.15, 0.2) is 0 Å². The highest BCUT2D eigenvalue weighted by Crippen LogP contribution is 2.39. The van der Waals surface area contributed by atoms with E-state index in [0.29, 0.717) is 12.3 Å². The maximum atomic E-state index is 12.3. The minimum Gasteiger partial charge on any atom is -0.348 e. The third-order valence-electron chi connectivity index (χ3n) is 4.11. The number of aromatic nitrogens is 1. The zero-order valence-electron chi connectivity index (χ0n) is 13.3. The summed E-state index contributed by atoms with van der Waals surface area (Å²) < 4.78 is 0. The average Bonchev–Trinajstić information content (AvgIpc) is 2.77. The molecule has 1 aromatic rings. The Morgan fingerprint density at radius 1 is 1.35 bits per heavy atom. The highest BCUT2D eigenvalue weighted by Gasteiger charge is 2.34. The summed E-state index contributed by atoms with van der Waals surface area (Å²) in [4.78, 5) is 20.3. The van der Waals surface area contributed by atoms with Crippen molar-refractivity contribution in [2.75, 3.05) is 18.0 Å². The molecule has 0 radical (unpaired) electrons. The quantitative estimate of drug-likeness (QED) is 0.817. The van der Waals surface area contributed by atoms with Gasteiger partial charge in [0.2, 0.25) is 0 Å². The van der Waals surface area contributed by atoms with Gasteiger partial charge in [0, 0.05) is 19.5 Å². The molecule has 0 aromatic carbocycles. The van der Waals surface area contributed by atoms with Crippen LogP contribution in [0.25, 0.3) is 0 Å². The second-order valence-electron chi connectivity index (χ2n) is 6.77. The molecule has 1 aliphatic carbocycles. The van der Waals surface area contributed by atoms with Gasteiger partial charge >= 0.3 is 0 Å².